The summed E-state index contributed by atoms with van der Waals surface area (Å²) < 4.78 is 66.3. The van der Waals surface area contributed by atoms with Crippen LogP contribution >= 0.6 is 0 Å². The molecule has 1 N–H and O–H groups in total. The van der Waals surface area contributed by atoms with Crippen molar-refractivity contribution in [3.8, 4) is 0 Å². The van der Waals surface area contributed by atoms with E-state index in [1.54, 1.807) is 0 Å². The molecule has 1 aromatic carbocycles. The molecule has 0 radical (unpaired) electrons. The monoisotopic (exact) mass is 428 g/mol. The number of pyridine rings is 1. The van der Waals surface area contributed by atoms with Crippen molar-refractivity contribution in [2.75, 3.05) is 10.8 Å². The number of hydrogen-bond donors (Lipinski definition) is 1. The lowest BCUT2D eigenvalue weighted by atomic mass is 10.2. The van der Waals surface area contributed by atoms with Gasteiger partial charge in [-0.1, -0.05) is 0 Å². The van der Waals surface area contributed by atoms with Crippen LogP contribution in [0.3, 0.4) is 0 Å². The number of alkyl halides is 3. The van der Waals surface area contributed by atoms with Gasteiger partial charge in [-0.3, -0.25) is 18.7 Å². The second-order valence-electron chi connectivity index (χ2n) is 6.07. The molecule has 12 heteroatoms. The van der Waals surface area contributed by atoms with Gasteiger partial charge in [0.05, 0.1) is 16.6 Å². The average molecular weight is 428 g/mol. The van der Waals surface area contributed by atoms with Crippen molar-refractivity contribution in [2.24, 2.45) is 7.05 Å². The molecular formula is C17H15F3N4O4S. The van der Waals surface area contributed by atoms with Crippen molar-refractivity contribution in [3.63, 3.8) is 0 Å². The van der Waals surface area contributed by atoms with Gasteiger partial charge in [0, 0.05) is 19.8 Å². The van der Waals surface area contributed by atoms with E-state index in [1.807, 2.05) is 0 Å². The van der Waals surface area contributed by atoms with Gasteiger partial charge in [-0.2, -0.15) is 13.2 Å². The number of rotatable bonds is 4. The van der Waals surface area contributed by atoms with Crippen molar-refractivity contribution in [1.29, 1.82) is 0 Å². The van der Waals surface area contributed by atoms with Gasteiger partial charge in [-0.05, 0) is 37.3 Å². The highest BCUT2D eigenvalue weighted by atomic mass is 32.2. The van der Waals surface area contributed by atoms with Crippen LogP contribution in [0.1, 0.15) is 12.5 Å². The van der Waals surface area contributed by atoms with Gasteiger partial charge >= 0.3 is 11.9 Å². The van der Waals surface area contributed by atoms with Gasteiger partial charge < -0.3 is 0 Å². The first kappa shape index (κ1) is 20.6. The summed E-state index contributed by atoms with van der Waals surface area (Å²) in [5.74, 6) is 0. The fraction of sp³-hybridized carbons (Fsp3) is 0.235. The van der Waals surface area contributed by atoms with Crippen molar-refractivity contribution in [1.82, 2.24) is 14.5 Å². The number of aryl methyl sites for hydroxylation is 1. The summed E-state index contributed by atoms with van der Waals surface area (Å²) in [4.78, 5) is 29.3. The van der Waals surface area contributed by atoms with E-state index in [4.69, 9.17) is 0 Å². The van der Waals surface area contributed by atoms with Gasteiger partial charge in [0.15, 0.2) is 0 Å². The largest absolute Gasteiger partial charge is 0.416 e. The Kier molecular flexibility index (Phi) is 4.99. The number of aromatic amines is 1. The smallest absolute Gasteiger partial charge is 0.281 e. The van der Waals surface area contributed by atoms with Crippen LogP contribution in [0.2, 0.25) is 0 Å². The zero-order chi connectivity index (χ0) is 21.6. The summed E-state index contributed by atoms with van der Waals surface area (Å²) in [6.07, 6.45) is -3.56. The standard InChI is InChI=1S/C17H15F3N4O4S/c1-3-24(11-6-4-10(5-7-11)17(18,19)20)29(27,28)12-8-13-14(21-9-12)23(2)16(26)22-15(13)25/h4-9H,3H2,1-2H3,(H,22,25,26). The highest BCUT2D eigenvalue weighted by Crippen LogP contribution is 2.31. The number of benzene rings is 1. The Labute approximate surface area is 162 Å². The first-order valence-corrected chi connectivity index (χ1v) is 9.70. The van der Waals surface area contributed by atoms with E-state index < -0.39 is 33.0 Å². The predicted molar refractivity (Wildman–Crippen MR) is 99.3 cm³/mol. The molecule has 8 nitrogen and oxygen atoms in total. The maximum Gasteiger partial charge on any atom is 0.416 e. The topological polar surface area (TPSA) is 105 Å². The van der Waals surface area contributed by atoms with Crippen LogP contribution in [0.4, 0.5) is 18.9 Å². The van der Waals surface area contributed by atoms with Crippen LogP contribution in [0.5, 0.6) is 0 Å². The zero-order valence-corrected chi connectivity index (χ0v) is 16.0. The Hall–Kier alpha value is -3.15. The Morgan fingerprint density at radius 1 is 1.17 bits per heavy atom. The summed E-state index contributed by atoms with van der Waals surface area (Å²) >= 11 is 0. The third kappa shape index (κ3) is 3.62. The van der Waals surface area contributed by atoms with Crippen LogP contribution in [0.25, 0.3) is 11.0 Å². The molecule has 2 heterocycles. The van der Waals surface area contributed by atoms with Crippen molar-refractivity contribution >= 4 is 26.7 Å². The van der Waals surface area contributed by atoms with E-state index >= 15 is 0 Å². The van der Waals surface area contributed by atoms with Crippen LogP contribution in [0.15, 0.2) is 51.0 Å². The molecule has 0 saturated heterocycles. The fourth-order valence-electron chi connectivity index (χ4n) is 2.79. The number of halogens is 3. The van der Waals surface area contributed by atoms with Gasteiger partial charge in [-0.15, -0.1) is 0 Å². The number of aromatic nitrogens is 3. The van der Waals surface area contributed by atoms with Gasteiger partial charge in [0.1, 0.15) is 10.5 Å². The van der Waals surface area contributed by atoms with Crippen LogP contribution < -0.4 is 15.6 Å². The second kappa shape index (κ2) is 7.03. The summed E-state index contributed by atoms with van der Waals surface area (Å²) in [5.41, 5.74) is -2.39. The van der Waals surface area contributed by atoms with Crippen molar-refractivity contribution in [3.05, 3.63) is 62.9 Å². The molecule has 0 bridgehead atoms. The first-order chi connectivity index (χ1) is 13.5. The van der Waals surface area contributed by atoms with Crippen LogP contribution in [-0.4, -0.2) is 29.5 Å². The molecule has 0 unspecified atom stereocenters. The molecule has 0 spiro atoms. The highest BCUT2D eigenvalue weighted by Gasteiger charge is 2.31. The lowest BCUT2D eigenvalue weighted by Gasteiger charge is -2.23. The minimum atomic E-state index is -4.55. The van der Waals surface area contributed by atoms with E-state index in [9.17, 15) is 31.2 Å². The summed E-state index contributed by atoms with van der Waals surface area (Å²) in [6.45, 7) is 1.44. The number of nitrogens with one attached hydrogen (secondary N) is 1. The molecule has 0 aliphatic heterocycles. The minimum Gasteiger partial charge on any atom is -0.281 e. The molecule has 0 saturated carbocycles. The normalized spacial score (nSPS) is 12.3. The van der Waals surface area contributed by atoms with Gasteiger partial charge in [-0.25, -0.2) is 18.2 Å². The average Bonchev–Trinajstić information content (AvgIpc) is 2.66. The SMILES string of the molecule is CCN(c1ccc(C(F)(F)F)cc1)S(=O)(=O)c1cnc2c(c1)c(=O)[nH]c(=O)n2C. The number of hydrogen-bond acceptors (Lipinski definition) is 5. The summed E-state index contributed by atoms with van der Waals surface area (Å²) in [7, 11) is -2.87. The molecule has 0 fully saturated rings. The number of fused-ring (bicyclic) bond motifs is 1. The van der Waals surface area contributed by atoms with E-state index in [2.05, 4.69) is 9.97 Å². The van der Waals surface area contributed by atoms with E-state index in [1.165, 1.54) is 14.0 Å². The number of H-pyrrole nitrogens is 1. The molecule has 0 aliphatic rings. The quantitative estimate of drug-likeness (QED) is 0.683. The van der Waals surface area contributed by atoms with Gasteiger partial charge in [0.2, 0.25) is 0 Å². The third-order valence-corrected chi connectivity index (χ3v) is 6.16. The highest BCUT2D eigenvalue weighted by molar-refractivity contribution is 7.92. The molecule has 29 heavy (non-hydrogen) atoms. The number of anilines is 1. The van der Waals surface area contributed by atoms with E-state index in [0.717, 1.165) is 45.4 Å². The third-order valence-electron chi connectivity index (χ3n) is 4.29. The maximum atomic E-state index is 13.0. The van der Waals surface area contributed by atoms with Crippen LogP contribution in [0, 0.1) is 0 Å². The maximum absolute atomic E-state index is 13.0. The molecular weight excluding hydrogens is 413 g/mol. The zero-order valence-electron chi connectivity index (χ0n) is 15.2. The second-order valence-corrected chi connectivity index (χ2v) is 7.94. The van der Waals surface area contributed by atoms with Gasteiger partial charge in [0.25, 0.3) is 15.6 Å². The number of nitrogens with zero attached hydrogens (tertiary/aromatic N) is 3. The van der Waals surface area contributed by atoms with Crippen LogP contribution in [-0.2, 0) is 23.2 Å². The molecule has 2 aromatic heterocycles. The predicted octanol–water partition coefficient (Wildman–Crippen LogP) is 1.86. The van der Waals surface area contributed by atoms with Crippen molar-refractivity contribution < 1.29 is 21.6 Å². The van der Waals surface area contributed by atoms with E-state index in [0.29, 0.717) is 0 Å². The molecule has 0 atom stereocenters. The lowest BCUT2D eigenvalue weighted by Crippen LogP contribution is -2.32. The molecule has 3 rings (SSSR count). The Morgan fingerprint density at radius 3 is 2.34 bits per heavy atom. The molecule has 3 aromatic rings. The molecule has 0 aliphatic carbocycles. The summed E-state index contributed by atoms with van der Waals surface area (Å²) in [6, 6.07) is 4.74. The Balaban J connectivity index is 2.11. The Morgan fingerprint density at radius 2 is 1.79 bits per heavy atom. The minimum absolute atomic E-state index is 0.00437. The molecule has 154 valence electrons. The first-order valence-electron chi connectivity index (χ1n) is 8.26. The van der Waals surface area contributed by atoms with Crippen molar-refractivity contribution in [2.45, 2.75) is 18.0 Å². The van der Waals surface area contributed by atoms with E-state index in [-0.39, 0.29) is 28.2 Å². The lowest BCUT2D eigenvalue weighted by molar-refractivity contribution is -0.137. The fourth-order valence-corrected chi connectivity index (χ4v) is 4.24. The number of sulfonamides is 1. The summed E-state index contributed by atoms with van der Waals surface area (Å²) in [5, 5.41) is -0.114. The molecule has 0 amide bonds. The Bertz CT molecular complexity index is 1300.